The molecule has 14 heteroatoms. The van der Waals surface area contributed by atoms with Gasteiger partial charge in [-0.1, -0.05) is 0 Å². The zero-order valence-electron chi connectivity index (χ0n) is 14.9. The number of hydrogen-bond acceptors (Lipinski definition) is 5. The number of carbonyl (C=O) groups is 1. The largest absolute Gasteiger partial charge is 0.477 e. The summed E-state index contributed by atoms with van der Waals surface area (Å²) in [6.07, 6.45) is -6.52. The quantitative estimate of drug-likeness (QED) is 0.235. The molecule has 0 N–H and O–H groups in total. The van der Waals surface area contributed by atoms with Gasteiger partial charge in [0.1, 0.15) is 0 Å². The van der Waals surface area contributed by atoms with Crippen LogP contribution in [0.5, 0.6) is 5.75 Å². The second-order valence-electron chi connectivity index (χ2n) is 5.43. The number of halogens is 7. The number of thioether (sulfide) groups is 1. The van der Waals surface area contributed by atoms with Crippen molar-refractivity contribution in [2.75, 3.05) is 19.7 Å². The van der Waals surface area contributed by atoms with Gasteiger partial charge in [-0.05, 0) is 37.7 Å². The van der Waals surface area contributed by atoms with Crippen LogP contribution in [0, 0.1) is 10.1 Å². The Morgan fingerprint density at radius 3 is 2.14 bits per heavy atom. The van der Waals surface area contributed by atoms with Crippen LogP contribution in [0.15, 0.2) is 23.1 Å². The summed E-state index contributed by atoms with van der Waals surface area (Å²) in [5.74, 6) is -7.44. The third-order valence-electron chi connectivity index (χ3n) is 3.56. The van der Waals surface area contributed by atoms with Crippen LogP contribution in [-0.2, 0) is 4.79 Å². The second-order valence-corrected chi connectivity index (χ2v) is 6.62. The van der Waals surface area contributed by atoms with Crippen LogP contribution >= 0.6 is 11.8 Å². The molecule has 0 unspecified atom stereocenters. The smallest absolute Gasteiger partial charge is 0.460 e. The molecule has 0 aromatic heterocycles. The molecule has 1 aromatic rings. The van der Waals surface area contributed by atoms with E-state index in [9.17, 15) is 45.6 Å². The van der Waals surface area contributed by atoms with E-state index in [1.165, 1.54) is 4.90 Å². The number of amides is 1. The average Bonchev–Trinajstić information content (AvgIpc) is 2.60. The van der Waals surface area contributed by atoms with Crippen LogP contribution < -0.4 is 4.74 Å². The number of alkyl halides is 7. The molecule has 0 fully saturated rings. The lowest BCUT2D eigenvalue weighted by Gasteiger charge is -2.27. The SMILES string of the molecule is CCN(CC)C(=O)COc1ccc(SC(F)(F)C(F)(F)C(F)(F)F)cc1[N+](=O)[O-]. The molecule has 1 aromatic carbocycles. The van der Waals surface area contributed by atoms with Crippen molar-refractivity contribution in [1.29, 1.82) is 0 Å². The summed E-state index contributed by atoms with van der Waals surface area (Å²) in [6.45, 7) is 3.38. The van der Waals surface area contributed by atoms with E-state index in [1.54, 1.807) is 13.8 Å². The molecule has 0 aliphatic heterocycles. The Kier molecular flexibility index (Phi) is 7.73. The minimum atomic E-state index is -6.52. The molecule has 0 saturated carbocycles. The highest BCUT2D eigenvalue weighted by atomic mass is 32.2. The first-order valence-electron chi connectivity index (χ1n) is 7.88. The standard InChI is InChI=1S/C15H15F7N2O4S/c1-3-23(4-2)12(25)8-28-11-6-5-9(7-10(11)24(26)27)29-15(21,22)13(16,17)14(18,19)20/h5-7H,3-4,8H2,1-2H3. The molecule has 0 aliphatic carbocycles. The van der Waals surface area contributed by atoms with Crippen LogP contribution in [0.4, 0.5) is 36.4 Å². The molecule has 1 amide bonds. The molecule has 0 atom stereocenters. The van der Waals surface area contributed by atoms with Crippen molar-refractivity contribution < 1.29 is 45.2 Å². The Bertz CT molecular complexity index is 755. The van der Waals surface area contributed by atoms with Gasteiger partial charge in [0, 0.05) is 24.1 Å². The molecule has 0 heterocycles. The summed E-state index contributed by atoms with van der Waals surface area (Å²) in [5.41, 5.74) is -0.978. The number of nitro benzene ring substituents is 1. The van der Waals surface area contributed by atoms with Crippen LogP contribution in [0.25, 0.3) is 0 Å². The monoisotopic (exact) mass is 452 g/mol. The van der Waals surface area contributed by atoms with Gasteiger partial charge in [0.2, 0.25) is 0 Å². The Balaban J connectivity index is 3.10. The fraction of sp³-hybridized carbons (Fsp3) is 0.533. The van der Waals surface area contributed by atoms with Crippen LogP contribution in [0.3, 0.4) is 0 Å². The number of nitro groups is 1. The van der Waals surface area contributed by atoms with Gasteiger partial charge in [-0.15, -0.1) is 0 Å². The van der Waals surface area contributed by atoms with E-state index >= 15 is 0 Å². The third-order valence-corrected chi connectivity index (χ3v) is 4.56. The molecular weight excluding hydrogens is 437 g/mol. The van der Waals surface area contributed by atoms with Crippen LogP contribution in [-0.4, -0.2) is 52.8 Å². The fourth-order valence-corrected chi connectivity index (χ4v) is 2.86. The van der Waals surface area contributed by atoms with E-state index in [1.807, 2.05) is 0 Å². The summed E-state index contributed by atoms with van der Waals surface area (Å²) in [7, 11) is 0. The molecule has 1 rings (SSSR count). The predicted octanol–water partition coefficient (Wildman–Crippen LogP) is 4.72. The minimum absolute atomic E-state index is 0.332. The topological polar surface area (TPSA) is 72.7 Å². The summed E-state index contributed by atoms with van der Waals surface area (Å²) < 4.78 is 94.5. The number of rotatable bonds is 9. The van der Waals surface area contributed by atoms with Crippen molar-refractivity contribution in [1.82, 2.24) is 4.90 Å². The molecule has 29 heavy (non-hydrogen) atoms. The lowest BCUT2D eigenvalue weighted by atomic mass is 10.3. The van der Waals surface area contributed by atoms with Crippen LogP contribution in [0.1, 0.15) is 13.8 Å². The van der Waals surface area contributed by atoms with Gasteiger partial charge in [0.15, 0.2) is 12.4 Å². The highest BCUT2D eigenvalue weighted by Gasteiger charge is 2.73. The van der Waals surface area contributed by atoms with Gasteiger partial charge in [-0.25, -0.2) is 0 Å². The number of nitrogens with zero attached hydrogens (tertiary/aromatic N) is 2. The van der Waals surface area contributed by atoms with Gasteiger partial charge < -0.3 is 9.64 Å². The maximum Gasteiger partial charge on any atom is 0.460 e. The van der Waals surface area contributed by atoms with Crippen molar-refractivity contribution in [3.8, 4) is 5.75 Å². The van der Waals surface area contributed by atoms with Crippen molar-refractivity contribution in [2.24, 2.45) is 0 Å². The van der Waals surface area contributed by atoms with Crippen molar-refractivity contribution >= 4 is 23.4 Å². The Labute approximate surface area is 164 Å². The van der Waals surface area contributed by atoms with Crippen LogP contribution in [0.2, 0.25) is 0 Å². The summed E-state index contributed by atoms with van der Waals surface area (Å²) >= 11 is -1.18. The van der Waals surface area contributed by atoms with E-state index in [0.29, 0.717) is 25.2 Å². The van der Waals surface area contributed by atoms with Gasteiger partial charge in [0.05, 0.1) is 4.92 Å². The van der Waals surface area contributed by atoms with Gasteiger partial charge in [-0.3, -0.25) is 14.9 Å². The van der Waals surface area contributed by atoms with E-state index in [4.69, 9.17) is 4.74 Å². The number of hydrogen-bond donors (Lipinski definition) is 0. The third kappa shape index (κ3) is 5.64. The molecule has 0 spiro atoms. The molecule has 6 nitrogen and oxygen atoms in total. The summed E-state index contributed by atoms with van der Waals surface area (Å²) in [4.78, 5) is 22.3. The maximum absolute atomic E-state index is 13.5. The van der Waals surface area contributed by atoms with Crippen molar-refractivity contribution in [3.05, 3.63) is 28.3 Å². The van der Waals surface area contributed by atoms with E-state index in [-0.39, 0.29) is 0 Å². The zero-order chi connectivity index (χ0) is 22.6. The average molecular weight is 452 g/mol. The molecule has 0 radical (unpaired) electrons. The second kappa shape index (κ2) is 9.05. The Morgan fingerprint density at radius 1 is 1.14 bits per heavy atom. The van der Waals surface area contributed by atoms with E-state index in [0.717, 1.165) is 6.07 Å². The van der Waals surface area contributed by atoms with Crippen molar-refractivity contribution in [2.45, 2.75) is 36.1 Å². The molecule has 0 saturated heterocycles. The normalized spacial score (nSPS) is 12.6. The van der Waals surface area contributed by atoms with E-state index in [2.05, 4.69) is 0 Å². The number of benzene rings is 1. The predicted molar refractivity (Wildman–Crippen MR) is 88.3 cm³/mol. The first-order chi connectivity index (χ1) is 13.2. The lowest BCUT2D eigenvalue weighted by molar-refractivity contribution is -0.386. The summed E-state index contributed by atoms with van der Waals surface area (Å²) in [6, 6.07) is 1.75. The number of likely N-dealkylation sites (N-methyl/N-ethyl adjacent to an activating group) is 1. The lowest BCUT2D eigenvalue weighted by Crippen LogP contribution is -2.49. The Hall–Kier alpha value is -2.25. The highest BCUT2D eigenvalue weighted by Crippen LogP contribution is 2.54. The maximum atomic E-state index is 13.5. The first-order valence-corrected chi connectivity index (χ1v) is 8.70. The van der Waals surface area contributed by atoms with Gasteiger partial charge in [-0.2, -0.15) is 30.7 Å². The molecule has 0 bridgehead atoms. The molecule has 164 valence electrons. The van der Waals surface area contributed by atoms with Gasteiger partial charge in [0.25, 0.3) is 5.91 Å². The van der Waals surface area contributed by atoms with E-state index < -0.39 is 62.9 Å². The minimum Gasteiger partial charge on any atom is -0.477 e. The zero-order valence-corrected chi connectivity index (χ0v) is 15.8. The van der Waals surface area contributed by atoms with Gasteiger partial charge >= 0.3 is 23.0 Å². The number of carbonyl (C=O) groups excluding carboxylic acids is 1. The number of ether oxygens (including phenoxy) is 1. The highest BCUT2D eigenvalue weighted by molar-refractivity contribution is 8.00. The van der Waals surface area contributed by atoms with Crippen molar-refractivity contribution in [3.63, 3.8) is 0 Å². The fourth-order valence-electron chi connectivity index (χ4n) is 2.01. The molecule has 0 aliphatic rings. The molecular formula is C15H15F7N2O4S. The Morgan fingerprint density at radius 2 is 1.69 bits per heavy atom. The summed E-state index contributed by atoms with van der Waals surface area (Å²) in [5, 5.41) is 5.47. The first kappa shape index (κ1) is 24.8.